The lowest BCUT2D eigenvalue weighted by Gasteiger charge is -2.18. The summed E-state index contributed by atoms with van der Waals surface area (Å²) in [4.78, 5) is 22.6. The first kappa shape index (κ1) is 15.9. The lowest BCUT2D eigenvalue weighted by Crippen LogP contribution is -2.44. The Morgan fingerprint density at radius 2 is 2.00 bits per heavy atom. The highest BCUT2D eigenvalue weighted by Crippen LogP contribution is 2.26. The maximum Gasteiger partial charge on any atom is 0.321 e. The molecule has 2 atom stereocenters. The second-order valence-electron chi connectivity index (χ2n) is 4.19. The number of urea groups is 1. The van der Waals surface area contributed by atoms with Crippen LogP contribution >= 0.6 is 0 Å². The normalized spacial score (nSPS) is 13.2. The summed E-state index contributed by atoms with van der Waals surface area (Å²) in [6.45, 7) is 2.91. The molecular formula is C13H17FN2O4. The Bertz CT molecular complexity index is 505. The molecule has 0 aliphatic carbocycles. The van der Waals surface area contributed by atoms with Gasteiger partial charge in [-0.15, -0.1) is 0 Å². The largest absolute Gasteiger partial charge is 0.480 e. The zero-order chi connectivity index (χ0) is 15.3. The second kappa shape index (κ2) is 6.85. The number of hydrogen-bond donors (Lipinski definition) is 3. The number of nitrogens with one attached hydrogen (secondary N) is 2. The highest BCUT2D eigenvalue weighted by molar-refractivity contribution is 5.96. The van der Waals surface area contributed by atoms with Gasteiger partial charge < -0.3 is 15.2 Å². The van der Waals surface area contributed by atoms with Gasteiger partial charge in [-0.25, -0.2) is 9.18 Å². The summed E-state index contributed by atoms with van der Waals surface area (Å²) in [6.07, 6.45) is -1.90. The fourth-order valence-electron chi connectivity index (χ4n) is 1.48. The van der Waals surface area contributed by atoms with E-state index in [1.54, 1.807) is 0 Å². The van der Waals surface area contributed by atoms with Crippen LogP contribution in [0.5, 0.6) is 5.75 Å². The van der Waals surface area contributed by atoms with E-state index in [1.807, 2.05) is 5.32 Å². The summed E-state index contributed by atoms with van der Waals surface area (Å²) in [6, 6.07) is 2.97. The SMILES string of the molecule is CNC(=O)NC(=O)C(C)Oc1cc(F)ccc1C(C)O. The van der Waals surface area contributed by atoms with Gasteiger partial charge in [0, 0.05) is 18.7 Å². The minimum atomic E-state index is -1.02. The van der Waals surface area contributed by atoms with Gasteiger partial charge in [0.1, 0.15) is 11.6 Å². The summed E-state index contributed by atoms with van der Waals surface area (Å²) in [5, 5.41) is 13.8. The van der Waals surface area contributed by atoms with Gasteiger partial charge in [-0.1, -0.05) is 0 Å². The Morgan fingerprint density at radius 3 is 2.55 bits per heavy atom. The van der Waals surface area contributed by atoms with Crippen LogP contribution < -0.4 is 15.4 Å². The number of aliphatic hydroxyl groups excluding tert-OH is 1. The summed E-state index contributed by atoms with van der Waals surface area (Å²) >= 11 is 0. The van der Waals surface area contributed by atoms with Gasteiger partial charge >= 0.3 is 6.03 Å². The molecule has 1 aromatic carbocycles. The van der Waals surface area contributed by atoms with Crippen molar-refractivity contribution in [2.45, 2.75) is 26.1 Å². The van der Waals surface area contributed by atoms with E-state index in [-0.39, 0.29) is 5.75 Å². The quantitative estimate of drug-likeness (QED) is 0.772. The standard InChI is InChI=1S/C13H17FN2O4/c1-7(17)10-5-4-9(14)6-11(10)20-8(2)12(18)16-13(19)15-3/h4-8,17H,1-3H3,(H2,15,16,18,19). The van der Waals surface area contributed by atoms with Gasteiger partial charge in [-0.05, 0) is 26.0 Å². The number of ether oxygens (including phenoxy) is 1. The lowest BCUT2D eigenvalue weighted by molar-refractivity contribution is -0.126. The van der Waals surface area contributed by atoms with E-state index in [0.29, 0.717) is 5.56 Å². The van der Waals surface area contributed by atoms with Crippen LogP contribution in [0.1, 0.15) is 25.5 Å². The molecule has 0 aliphatic rings. The molecule has 0 saturated heterocycles. The molecule has 0 fully saturated rings. The predicted octanol–water partition coefficient (Wildman–Crippen LogP) is 1.10. The lowest BCUT2D eigenvalue weighted by atomic mass is 10.1. The minimum Gasteiger partial charge on any atom is -0.480 e. The first-order valence-electron chi connectivity index (χ1n) is 6.02. The molecule has 110 valence electrons. The third-order valence-corrected chi connectivity index (χ3v) is 2.56. The smallest absolute Gasteiger partial charge is 0.321 e. The van der Waals surface area contributed by atoms with Gasteiger partial charge in [-0.3, -0.25) is 10.1 Å². The highest BCUT2D eigenvalue weighted by atomic mass is 19.1. The number of carbonyl (C=O) groups is 2. The molecule has 0 radical (unpaired) electrons. The van der Waals surface area contributed by atoms with Gasteiger partial charge in [0.25, 0.3) is 5.91 Å². The second-order valence-corrected chi connectivity index (χ2v) is 4.19. The predicted molar refractivity (Wildman–Crippen MR) is 69.7 cm³/mol. The van der Waals surface area contributed by atoms with E-state index >= 15 is 0 Å². The number of carbonyl (C=O) groups excluding carboxylic acids is 2. The number of imide groups is 1. The Labute approximate surface area is 115 Å². The number of halogens is 1. The van der Waals surface area contributed by atoms with Crippen LogP contribution in [0.3, 0.4) is 0 Å². The van der Waals surface area contributed by atoms with Crippen molar-refractivity contribution in [3.63, 3.8) is 0 Å². The van der Waals surface area contributed by atoms with Crippen LogP contribution in [0.15, 0.2) is 18.2 Å². The third kappa shape index (κ3) is 4.20. The molecule has 3 N–H and O–H groups in total. The van der Waals surface area contributed by atoms with Crippen molar-refractivity contribution < 1.29 is 23.8 Å². The molecule has 0 aromatic heterocycles. The average Bonchev–Trinajstić information content (AvgIpc) is 2.38. The number of benzene rings is 1. The molecule has 0 spiro atoms. The fraction of sp³-hybridized carbons (Fsp3) is 0.385. The van der Waals surface area contributed by atoms with Crippen molar-refractivity contribution in [3.05, 3.63) is 29.6 Å². The fourth-order valence-corrected chi connectivity index (χ4v) is 1.48. The van der Waals surface area contributed by atoms with E-state index < -0.39 is 30.0 Å². The van der Waals surface area contributed by atoms with Crippen LogP contribution in [0.2, 0.25) is 0 Å². The Kier molecular flexibility index (Phi) is 5.45. The van der Waals surface area contributed by atoms with E-state index in [9.17, 15) is 19.1 Å². The summed E-state index contributed by atoms with van der Waals surface area (Å²) in [5.74, 6) is -1.17. The Hall–Kier alpha value is -2.15. The maximum atomic E-state index is 13.2. The number of rotatable bonds is 4. The molecule has 20 heavy (non-hydrogen) atoms. The molecule has 6 nitrogen and oxygen atoms in total. The first-order valence-corrected chi connectivity index (χ1v) is 6.02. The van der Waals surface area contributed by atoms with Crippen LogP contribution in [-0.4, -0.2) is 30.2 Å². The topological polar surface area (TPSA) is 87.7 Å². The van der Waals surface area contributed by atoms with E-state index in [0.717, 1.165) is 6.07 Å². The maximum absolute atomic E-state index is 13.2. The Balaban J connectivity index is 2.84. The van der Waals surface area contributed by atoms with Gasteiger partial charge in [0.2, 0.25) is 0 Å². The molecule has 2 unspecified atom stereocenters. The first-order chi connectivity index (χ1) is 9.35. The zero-order valence-electron chi connectivity index (χ0n) is 11.4. The van der Waals surface area contributed by atoms with Crippen LogP contribution in [0, 0.1) is 5.82 Å². The summed E-state index contributed by atoms with van der Waals surface area (Å²) in [5.41, 5.74) is 0.353. The molecular weight excluding hydrogens is 267 g/mol. The molecule has 1 rings (SSSR count). The van der Waals surface area contributed by atoms with Crippen molar-refractivity contribution in [1.29, 1.82) is 0 Å². The molecule has 1 aromatic rings. The van der Waals surface area contributed by atoms with Gasteiger partial charge in [0.05, 0.1) is 6.10 Å². The number of aliphatic hydroxyl groups is 1. The number of amides is 3. The van der Waals surface area contributed by atoms with Crippen LogP contribution in [-0.2, 0) is 4.79 Å². The van der Waals surface area contributed by atoms with Gasteiger partial charge in [-0.2, -0.15) is 0 Å². The zero-order valence-corrected chi connectivity index (χ0v) is 11.4. The highest BCUT2D eigenvalue weighted by Gasteiger charge is 2.19. The molecule has 0 aliphatic heterocycles. The molecule has 0 saturated carbocycles. The third-order valence-electron chi connectivity index (χ3n) is 2.56. The van der Waals surface area contributed by atoms with Crippen molar-refractivity contribution in [3.8, 4) is 5.75 Å². The van der Waals surface area contributed by atoms with Crippen molar-refractivity contribution in [2.75, 3.05) is 7.05 Å². The molecule has 3 amide bonds. The minimum absolute atomic E-state index is 0.0551. The summed E-state index contributed by atoms with van der Waals surface area (Å²) in [7, 11) is 1.37. The van der Waals surface area contributed by atoms with Crippen molar-refractivity contribution in [1.82, 2.24) is 10.6 Å². The van der Waals surface area contributed by atoms with E-state index in [4.69, 9.17) is 4.74 Å². The summed E-state index contributed by atoms with van der Waals surface area (Å²) < 4.78 is 18.5. The van der Waals surface area contributed by atoms with Crippen LogP contribution in [0.25, 0.3) is 0 Å². The van der Waals surface area contributed by atoms with E-state index in [2.05, 4.69) is 5.32 Å². The van der Waals surface area contributed by atoms with Gasteiger partial charge in [0.15, 0.2) is 6.10 Å². The van der Waals surface area contributed by atoms with Crippen molar-refractivity contribution in [2.24, 2.45) is 0 Å². The monoisotopic (exact) mass is 284 g/mol. The molecule has 7 heteroatoms. The Morgan fingerprint density at radius 1 is 1.35 bits per heavy atom. The van der Waals surface area contributed by atoms with Crippen molar-refractivity contribution >= 4 is 11.9 Å². The molecule has 0 bridgehead atoms. The van der Waals surface area contributed by atoms with Crippen LogP contribution in [0.4, 0.5) is 9.18 Å². The molecule has 0 heterocycles. The number of hydrogen-bond acceptors (Lipinski definition) is 4. The average molecular weight is 284 g/mol. The van der Waals surface area contributed by atoms with E-state index in [1.165, 1.54) is 33.0 Å².